The molecule has 0 spiro atoms. The predicted molar refractivity (Wildman–Crippen MR) is 93.5 cm³/mol. The van der Waals surface area contributed by atoms with Gasteiger partial charge in [0.05, 0.1) is 11.1 Å². The van der Waals surface area contributed by atoms with E-state index in [4.69, 9.17) is 0 Å². The van der Waals surface area contributed by atoms with E-state index in [0.29, 0.717) is 28.7 Å². The second-order valence-electron chi connectivity index (χ2n) is 7.62. The van der Waals surface area contributed by atoms with E-state index in [-0.39, 0.29) is 17.7 Å². The van der Waals surface area contributed by atoms with E-state index in [9.17, 15) is 14.4 Å². The maximum atomic E-state index is 13.1. The molecule has 1 aliphatic heterocycles. The molecule has 2 saturated carbocycles. The average Bonchev–Trinajstić information content (AvgIpc) is 3.46. The Morgan fingerprint density at radius 2 is 1.72 bits per heavy atom. The van der Waals surface area contributed by atoms with Gasteiger partial charge in [-0.3, -0.25) is 19.3 Å². The summed E-state index contributed by atoms with van der Waals surface area (Å²) in [6.45, 7) is 0.827. The third kappa shape index (κ3) is 2.96. The van der Waals surface area contributed by atoms with Gasteiger partial charge < -0.3 is 4.90 Å². The first kappa shape index (κ1) is 16.3. The molecule has 0 saturated heterocycles. The van der Waals surface area contributed by atoms with Crippen LogP contribution in [0.5, 0.6) is 0 Å². The minimum atomic E-state index is -0.320. The van der Waals surface area contributed by atoms with E-state index in [1.807, 2.05) is 4.90 Å². The molecule has 132 valence electrons. The third-order valence-electron chi connectivity index (χ3n) is 5.76. The summed E-state index contributed by atoms with van der Waals surface area (Å²) in [5.41, 5.74) is 1.28. The number of nitrogens with zero attached hydrogens (tertiary/aromatic N) is 2. The minimum absolute atomic E-state index is 0.00526. The molecule has 0 atom stereocenters. The number of amides is 3. The van der Waals surface area contributed by atoms with Crippen LogP contribution >= 0.6 is 0 Å². The van der Waals surface area contributed by atoms with Crippen molar-refractivity contribution in [3.05, 3.63) is 34.9 Å². The van der Waals surface area contributed by atoms with Crippen LogP contribution in [-0.4, -0.2) is 47.2 Å². The Hall–Kier alpha value is -2.17. The van der Waals surface area contributed by atoms with Crippen LogP contribution in [0.1, 0.15) is 76.0 Å². The summed E-state index contributed by atoms with van der Waals surface area (Å²) in [6, 6.07) is 5.28. The van der Waals surface area contributed by atoms with Crippen LogP contribution in [0, 0.1) is 5.92 Å². The van der Waals surface area contributed by atoms with E-state index in [2.05, 4.69) is 0 Å². The summed E-state index contributed by atoms with van der Waals surface area (Å²) in [4.78, 5) is 40.4. The Balaban J connectivity index is 1.57. The molecule has 25 heavy (non-hydrogen) atoms. The number of fused-ring (bicyclic) bond motifs is 1. The standard InChI is InChI=1S/C20H24N2O3/c1-21-19(24)16-10-7-14(11-17(16)20(21)25)18(23)22(15-8-9-15)12-13-5-3-2-4-6-13/h7,10-11,13,15H,2-6,8-9,12H2,1H3. The summed E-state index contributed by atoms with van der Waals surface area (Å²) in [5.74, 6) is -0.00657. The van der Waals surface area contributed by atoms with Crippen molar-refractivity contribution in [1.29, 1.82) is 0 Å². The van der Waals surface area contributed by atoms with Gasteiger partial charge in [0.1, 0.15) is 0 Å². The number of rotatable bonds is 4. The van der Waals surface area contributed by atoms with Gasteiger partial charge in [-0.05, 0) is 49.8 Å². The van der Waals surface area contributed by atoms with E-state index >= 15 is 0 Å². The van der Waals surface area contributed by atoms with Crippen LogP contribution in [-0.2, 0) is 0 Å². The minimum Gasteiger partial charge on any atom is -0.335 e. The highest BCUT2D eigenvalue weighted by molar-refractivity contribution is 6.21. The summed E-state index contributed by atoms with van der Waals surface area (Å²) < 4.78 is 0. The quantitative estimate of drug-likeness (QED) is 0.792. The fraction of sp³-hybridized carbons (Fsp3) is 0.550. The summed E-state index contributed by atoms with van der Waals surface area (Å²) in [5, 5.41) is 0. The summed E-state index contributed by atoms with van der Waals surface area (Å²) >= 11 is 0. The Bertz CT molecular complexity index is 732. The highest BCUT2D eigenvalue weighted by Gasteiger charge is 2.37. The smallest absolute Gasteiger partial charge is 0.261 e. The van der Waals surface area contributed by atoms with Crippen molar-refractivity contribution in [3.8, 4) is 0 Å². The maximum absolute atomic E-state index is 13.1. The molecule has 0 aromatic heterocycles. The van der Waals surface area contributed by atoms with Crippen LogP contribution in [0.4, 0.5) is 0 Å². The van der Waals surface area contributed by atoms with Crippen LogP contribution in [0.25, 0.3) is 0 Å². The lowest BCUT2D eigenvalue weighted by Gasteiger charge is -2.30. The number of hydrogen-bond acceptors (Lipinski definition) is 3. The maximum Gasteiger partial charge on any atom is 0.261 e. The monoisotopic (exact) mass is 340 g/mol. The largest absolute Gasteiger partial charge is 0.335 e. The van der Waals surface area contributed by atoms with Crippen LogP contribution in [0.2, 0.25) is 0 Å². The molecule has 4 rings (SSSR count). The molecule has 1 heterocycles. The molecule has 5 heteroatoms. The molecule has 0 N–H and O–H groups in total. The number of benzene rings is 1. The molecule has 0 unspecified atom stereocenters. The Labute approximate surface area is 148 Å². The second-order valence-corrected chi connectivity index (χ2v) is 7.62. The average molecular weight is 340 g/mol. The van der Waals surface area contributed by atoms with E-state index in [1.54, 1.807) is 18.2 Å². The SMILES string of the molecule is CN1C(=O)c2ccc(C(=O)N(CC3CCCCC3)C3CC3)cc2C1=O. The van der Waals surface area contributed by atoms with E-state index in [1.165, 1.54) is 39.2 Å². The van der Waals surface area contributed by atoms with E-state index < -0.39 is 0 Å². The van der Waals surface area contributed by atoms with Gasteiger partial charge in [0.2, 0.25) is 0 Å². The number of imide groups is 1. The Morgan fingerprint density at radius 3 is 2.40 bits per heavy atom. The highest BCUT2D eigenvalue weighted by atomic mass is 16.2. The van der Waals surface area contributed by atoms with Gasteiger partial charge in [0, 0.05) is 25.2 Å². The zero-order valence-electron chi connectivity index (χ0n) is 14.7. The molecule has 1 aromatic carbocycles. The zero-order valence-corrected chi connectivity index (χ0v) is 14.7. The lowest BCUT2D eigenvalue weighted by Crippen LogP contribution is -2.37. The lowest BCUT2D eigenvalue weighted by atomic mass is 9.88. The summed E-state index contributed by atoms with van der Waals surface area (Å²) in [6.07, 6.45) is 8.39. The van der Waals surface area contributed by atoms with Crippen molar-refractivity contribution in [1.82, 2.24) is 9.80 Å². The normalized spacial score (nSPS) is 20.8. The van der Waals surface area contributed by atoms with Crippen LogP contribution < -0.4 is 0 Å². The van der Waals surface area contributed by atoms with Gasteiger partial charge in [0.15, 0.2) is 0 Å². The van der Waals surface area contributed by atoms with Crippen molar-refractivity contribution in [2.75, 3.05) is 13.6 Å². The topological polar surface area (TPSA) is 57.7 Å². The van der Waals surface area contributed by atoms with Crippen LogP contribution in [0.15, 0.2) is 18.2 Å². The first-order valence-corrected chi connectivity index (χ1v) is 9.33. The third-order valence-corrected chi connectivity index (χ3v) is 5.76. The van der Waals surface area contributed by atoms with Gasteiger partial charge in [-0.15, -0.1) is 0 Å². The molecular formula is C20H24N2O3. The van der Waals surface area contributed by atoms with Crippen molar-refractivity contribution in [2.24, 2.45) is 5.92 Å². The number of hydrogen-bond donors (Lipinski definition) is 0. The molecule has 2 fully saturated rings. The van der Waals surface area contributed by atoms with Gasteiger partial charge in [-0.25, -0.2) is 0 Å². The van der Waals surface area contributed by atoms with Gasteiger partial charge >= 0.3 is 0 Å². The Kier molecular flexibility index (Phi) is 4.10. The molecule has 1 aromatic rings. The molecule has 5 nitrogen and oxygen atoms in total. The Morgan fingerprint density at radius 1 is 1.04 bits per heavy atom. The van der Waals surface area contributed by atoms with Gasteiger partial charge in [-0.1, -0.05) is 19.3 Å². The summed E-state index contributed by atoms with van der Waals surface area (Å²) in [7, 11) is 1.48. The zero-order chi connectivity index (χ0) is 17.6. The van der Waals surface area contributed by atoms with Gasteiger partial charge in [-0.2, -0.15) is 0 Å². The first-order valence-electron chi connectivity index (χ1n) is 9.33. The second kappa shape index (κ2) is 6.28. The highest BCUT2D eigenvalue weighted by Crippen LogP contribution is 2.33. The number of carbonyl (C=O) groups excluding carboxylic acids is 3. The fourth-order valence-electron chi connectivity index (χ4n) is 4.09. The molecule has 3 aliphatic rings. The molecule has 0 radical (unpaired) electrons. The molecular weight excluding hydrogens is 316 g/mol. The molecule has 0 bridgehead atoms. The van der Waals surface area contributed by atoms with E-state index in [0.717, 1.165) is 24.3 Å². The number of carbonyl (C=O) groups is 3. The first-order chi connectivity index (χ1) is 12.1. The van der Waals surface area contributed by atoms with Gasteiger partial charge in [0.25, 0.3) is 17.7 Å². The predicted octanol–water partition coefficient (Wildman–Crippen LogP) is 3.10. The molecule has 3 amide bonds. The van der Waals surface area contributed by atoms with Crippen molar-refractivity contribution in [2.45, 2.75) is 51.0 Å². The lowest BCUT2D eigenvalue weighted by molar-refractivity contribution is 0.0688. The van der Waals surface area contributed by atoms with Crippen molar-refractivity contribution >= 4 is 17.7 Å². The van der Waals surface area contributed by atoms with Crippen molar-refractivity contribution in [3.63, 3.8) is 0 Å². The molecule has 2 aliphatic carbocycles. The van der Waals surface area contributed by atoms with Crippen LogP contribution in [0.3, 0.4) is 0 Å². The fourth-order valence-corrected chi connectivity index (χ4v) is 4.09. The van der Waals surface area contributed by atoms with Crippen molar-refractivity contribution < 1.29 is 14.4 Å².